The van der Waals surface area contributed by atoms with Gasteiger partial charge < -0.3 is 19.4 Å². The number of amides is 2. The number of anilines is 2. The Morgan fingerprint density at radius 1 is 1.14 bits per heavy atom. The highest BCUT2D eigenvalue weighted by Crippen LogP contribution is 2.35. The van der Waals surface area contributed by atoms with E-state index in [0.717, 1.165) is 12.0 Å². The fraction of sp³-hybridized carbons (Fsp3) is 0.227. The van der Waals surface area contributed by atoms with Crippen molar-refractivity contribution in [1.29, 1.82) is 0 Å². The fourth-order valence-electron chi connectivity index (χ4n) is 3.32. The minimum atomic E-state index is -0.562. The number of carbonyl (C=O) groups is 2. The van der Waals surface area contributed by atoms with E-state index in [-0.39, 0.29) is 17.1 Å². The van der Waals surface area contributed by atoms with Gasteiger partial charge in [0, 0.05) is 18.8 Å². The van der Waals surface area contributed by atoms with Crippen LogP contribution in [0.5, 0.6) is 5.75 Å². The molecule has 1 aliphatic rings. The molecule has 0 spiro atoms. The summed E-state index contributed by atoms with van der Waals surface area (Å²) < 4.78 is 11.2. The predicted octanol–water partition coefficient (Wildman–Crippen LogP) is 3.35. The second-order valence-corrected chi connectivity index (χ2v) is 6.95. The van der Waals surface area contributed by atoms with Crippen molar-refractivity contribution >= 4 is 34.2 Å². The summed E-state index contributed by atoms with van der Waals surface area (Å²) in [7, 11) is 1.65. The lowest BCUT2D eigenvalue weighted by Gasteiger charge is -2.30. The maximum atomic E-state index is 12.6. The maximum absolute atomic E-state index is 12.6. The Bertz CT molecular complexity index is 1200. The van der Waals surface area contributed by atoms with E-state index in [1.54, 1.807) is 44.3 Å². The molecule has 7 heteroatoms. The SMILES string of the molecule is CCc1ccc2oc(C(=O)Nc3ccc4c(c3)N(C)C(=O)C(C)O4)cc(=O)c2c1. The van der Waals surface area contributed by atoms with Crippen LogP contribution in [0.1, 0.15) is 30.0 Å². The van der Waals surface area contributed by atoms with E-state index >= 15 is 0 Å². The van der Waals surface area contributed by atoms with Gasteiger partial charge in [0.2, 0.25) is 0 Å². The van der Waals surface area contributed by atoms with Crippen LogP contribution in [-0.2, 0) is 11.2 Å². The zero-order valence-corrected chi connectivity index (χ0v) is 16.3. The van der Waals surface area contributed by atoms with Crippen molar-refractivity contribution in [2.45, 2.75) is 26.4 Å². The first-order valence-corrected chi connectivity index (χ1v) is 9.33. The van der Waals surface area contributed by atoms with Crippen molar-refractivity contribution in [2.24, 2.45) is 0 Å². The van der Waals surface area contributed by atoms with E-state index in [9.17, 15) is 14.4 Å². The van der Waals surface area contributed by atoms with Gasteiger partial charge in [-0.15, -0.1) is 0 Å². The number of carbonyl (C=O) groups excluding carboxylic acids is 2. The van der Waals surface area contributed by atoms with E-state index in [0.29, 0.717) is 28.1 Å². The van der Waals surface area contributed by atoms with Gasteiger partial charge in [-0.25, -0.2) is 0 Å². The summed E-state index contributed by atoms with van der Waals surface area (Å²) in [5, 5.41) is 3.15. The van der Waals surface area contributed by atoms with E-state index in [2.05, 4.69) is 5.32 Å². The molecule has 4 rings (SSSR count). The Morgan fingerprint density at radius 2 is 1.93 bits per heavy atom. The number of rotatable bonds is 3. The molecule has 29 heavy (non-hydrogen) atoms. The summed E-state index contributed by atoms with van der Waals surface area (Å²) in [6.07, 6.45) is 0.239. The van der Waals surface area contributed by atoms with Gasteiger partial charge >= 0.3 is 0 Å². The molecule has 1 unspecified atom stereocenters. The van der Waals surface area contributed by atoms with Crippen LogP contribution in [-0.4, -0.2) is 25.0 Å². The molecule has 1 aliphatic heterocycles. The topological polar surface area (TPSA) is 88.8 Å². The van der Waals surface area contributed by atoms with Crippen LogP contribution in [0.25, 0.3) is 11.0 Å². The largest absolute Gasteiger partial charge is 0.479 e. The number of fused-ring (bicyclic) bond motifs is 2. The number of likely N-dealkylation sites (N-methyl/N-ethyl adjacent to an activating group) is 1. The van der Waals surface area contributed by atoms with Crippen LogP contribution < -0.4 is 20.4 Å². The number of nitrogens with zero attached hydrogens (tertiary/aromatic N) is 1. The third-order valence-electron chi connectivity index (χ3n) is 4.98. The first-order chi connectivity index (χ1) is 13.9. The van der Waals surface area contributed by atoms with Gasteiger partial charge in [-0.3, -0.25) is 14.4 Å². The average Bonchev–Trinajstić information content (AvgIpc) is 2.72. The highest BCUT2D eigenvalue weighted by molar-refractivity contribution is 6.04. The lowest BCUT2D eigenvalue weighted by atomic mass is 10.1. The van der Waals surface area contributed by atoms with Crippen molar-refractivity contribution in [1.82, 2.24) is 0 Å². The van der Waals surface area contributed by atoms with Gasteiger partial charge in [0.1, 0.15) is 11.3 Å². The van der Waals surface area contributed by atoms with Crippen LogP contribution in [0.3, 0.4) is 0 Å². The molecule has 3 aromatic rings. The number of benzene rings is 2. The highest BCUT2D eigenvalue weighted by Gasteiger charge is 2.29. The molecular formula is C22H20N2O5. The van der Waals surface area contributed by atoms with E-state index in [4.69, 9.17) is 9.15 Å². The molecule has 7 nitrogen and oxygen atoms in total. The molecule has 2 aromatic carbocycles. The van der Waals surface area contributed by atoms with Crippen molar-refractivity contribution in [3.8, 4) is 5.75 Å². The van der Waals surface area contributed by atoms with Gasteiger partial charge in [0.15, 0.2) is 17.3 Å². The van der Waals surface area contributed by atoms with Crippen molar-refractivity contribution in [3.05, 3.63) is 64.0 Å². The molecule has 1 aromatic heterocycles. The molecule has 0 saturated heterocycles. The Hall–Kier alpha value is -3.61. The Kier molecular flexibility index (Phi) is 4.58. The number of aryl methyl sites for hydroxylation is 1. The molecule has 148 valence electrons. The minimum Gasteiger partial charge on any atom is -0.479 e. The van der Waals surface area contributed by atoms with Gasteiger partial charge in [-0.2, -0.15) is 0 Å². The molecule has 1 N–H and O–H groups in total. The molecule has 0 saturated carbocycles. The number of nitrogens with one attached hydrogen (secondary N) is 1. The van der Waals surface area contributed by atoms with Crippen LogP contribution in [0.2, 0.25) is 0 Å². The van der Waals surface area contributed by atoms with Crippen molar-refractivity contribution in [2.75, 3.05) is 17.3 Å². The summed E-state index contributed by atoms with van der Waals surface area (Å²) in [6, 6.07) is 11.5. The van der Waals surface area contributed by atoms with E-state index < -0.39 is 12.0 Å². The van der Waals surface area contributed by atoms with Crippen molar-refractivity contribution < 1.29 is 18.7 Å². The van der Waals surface area contributed by atoms with Gasteiger partial charge in [-0.05, 0) is 49.2 Å². The third-order valence-corrected chi connectivity index (χ3v) is 4.98. The molecule has 0 aliphatic carbocycles. The zero-order valence-electron chi connectivity index (χ0n) is 16.3. The number of ether oxygens (including phenoxy) is 1. The smallest absolute Gasteiger partial charge is 0.291 e. The molecule has 1 atom stereocenters. The van der Waals surface area contributed by atoms with Crippen LogP contribution in [0.4, 0.5) is 11.4 Å². The molecule has 2 heterocycles. The lowest BCUT2D eigenvalue weighted by Crippen LogP contribution is -2.41. The first-order valence-electron chi connectivity index (χ1n) is 9.33. The van der Waals surface area contributed by atoms with Gasteiger partial charge in [0.25, 0.3) is 11.8 Å². The quantitative estimate of drug-likeness (QED) is 0.738. The van der Waals surface area contributed by atoms with Gasteiger partial charge in [0.05, 0.1) is 11.1 Å². The third kappa shape index (κ3) is 3.35. The number of hydrogen-bond donors (Lipinski definition) is 1. The summed E-state index contributed by atoms with van der Waals surface area (Å²) in [4.78, 5) is 38.7. The number of hydrogen-bond acceptors (Lipinski definition) is 5. The Morgan fingerprint density at radius 3 is 2.69 bits per heavy atom. The fourth-order valence-corrected chi connectivity index (χ4v) is 3.32. The van der Waals surface area contributed by atoms with E-state index in [1.807, 2.05) is 13.0 Å². The second kappa shape index (κ2) is 7.09. The summed E-state index contributed by atoms with van der Waals surface area (Å²) >= 11 is 0. The molecular weight excluding hydrogens is 372 g/mol. The van der Waals surface area contributed by atoms with Crippen LogP contribution >= 0.6 is 0 Å². The van der Waals surface area contributed by atoms with E-state index in [1.165, 1.54) is 11.0 Å². The summed E-state index contributed by atoms with van der Waals surface area (Å²) in [5.74, 6) is -0.254. The molecule has 0 radical (unpaired) electrons. The Labute approximate surface area is 166 Å². The monoisotopic (exact) mass is 392 g/mol. The molecule has 0 bridgehead atoms. The zero-order chi connectivity index (χ0) is 20.7. The second-order valence-electron chi connectivity index (χ2n) is 6.95. The summed E-state index contributed by atoms with van der Waals surface area (Å²) in [5.41, 5.74) is 2.11. The van der Waals surface area contributed by atoms with Crippen LogP contribution in [0, 0.1) is 0 Å². The minimum absolute atomic E-state index is 0.0845. The van der Waals surface area contributed by atoms with Crippen molar-refractivity contribution in [3.63, 3.8) is 0 Å². The maximum Gasteiger partial charge on any atom is 0.291 e. The lowest BCUT2D eigenvalue weighted by molar-refractivity contribution is -0.125. The normalized spacial score (nSPS) is 15.8. The summed E-state index contributed by atoms with van der Waals surface area (Å²) in [6.45, 7) is 3.68. The van der Waals surface area contributed by atoms with Crippen LogP contribution in [0.15, 0.2) is 51.7 Å². The standard InChI is InChI=1S/C22H20N2O5/c1-4-13-5-7-18-15(9-13)17(25)11-20(29-18)21(26)23-14-6-8-19-16(10-14)24(3)22(27)12(2)28-19/h5-12H,4H2,1-3H3,(H,23,26). The molecule has 0 fully saturated rings. The van der Waals surface area contributed by atoms with Gasteiger partial charge in [-0.1, -0.05) is 13.0 Å². The molecule has 2 amide bonds. The first kappa shape index (κ1) is 18.7. The Balaban J connectivity index is 1.63. The average molecular weight is 392 g/mol. The highest BCUT2D eigenvalue weighted by atomic mass is 16.5. The predicted molar refractivity (Wildman–Crippen MR) is 110 cm³/mol.